The molecule has 3 heterocycles. The minimum absolute atomic E-state index is 0.280. The van der Waals surface area contributed by atoms with Crippen LogP contribution in [0.2, 0.25) is 0 Å². The van der Waals surface area contributed by atoms with Crippen molar-refractivity contribution in [3.8, 4) is 10.8 Å². The number of aromatic amines is 1. The van der Waals surface area contributed by atoms with Crippen LogP contribution < -0.4 is 5.32 Å². The molecule has 0 saturated heterocycles. The Labute approximate surface area is 159 Å². The number of hydrogen-bond donors (Lipinski definition) is 2. The molecule has 2 N–H and O–H groups in total. The Morgan fingerprint density at radius 2 is 1.96 bits per heavy atom. The van der Waals surface area contributed by atoms with Gasteiger partial charge in [-0.3, -0.25) is 9.89 Å². The van der Waals surface area contributed by atoms with Crippen LogP contribution >= 0.6 is 11.3 Å². The van der Waals surface area contributed by atoms with Crippen LogP contribution in [-0.4, -0.2) is 26.1 Å². The minimum Gasteiger partial charge on any atom is -0.462 e. The van der Waals surface area contributed by atoms with Crippen LogP contribution in [0.15, 0.2) is 53.1 Å². The van der Waals surface area contributed by atoms with E-state index in [1.54, 1.807) is 12.3 Å². The summed E-state index contributed by atoms with van der Waals surface area (Å²) in [5.74, 6) is 1.56. The van der Waals surface area contributed by atoms with Crippen LogP contribution in [0.25, 0.3) is 10.8 Å². The predicted octanol–water partition coefficient (Wildman–Crippen LogP) is 3.66. The zero-order chi connectivity index (χ0) is 18.8. The number of rotatable bonds is 5. The van der Waals surface area contributed by atoms with Crippen molar-refractivity contribution in [3.63, 3.8) is 0 Å². The topological polar surface area (TPSA) is 96.7 Å². The first-order valence-corrected chi connectivity index (χ1v) is 9.19. The summed E-state index contributed by atoms with van der Waals surface area (Å²) >= 11 is 1.42. The quantitative estimate of drug-likeness (QED) is 0.552. The average molecular weight is 379 g/mol. The number of H-pyrrole nitrogens is 1. The van der Waals surface area contributed by atoms with Crippen LogP contribution in [0.5, 0.6) is 0 Å². The predicted molar refractivity (Wildman–Crippen MR) is 101 cm³/mol. The summed E-state index contributed by atoms with van der Waals surface area (Å²) in [6.07, 6.45) is 1.59. The Bertz CT molecular complexity index is 1050. The molecule has 7 nitrogen and oxygen atoms in total. The van der Waals surface area contributed by atoms with Gasteiger partial charge in [-0.05, 0) is 31.5 Å². The first-order chi connectivity index (χ1) is 13.1. The Kier molecular flexibility index (Phi) is 4.55. The second kappa shape index (κ2) is 7.16. The maximum atomic E-state index is 12.9. The summed E-state index contributed by atoms with van der Waals surface area (Å²) in [7, 11) is 0. The van der Waals surface area contributed by atoms with E-state index in [9.17, 15) is 4.79 Å². The number of hydrogen-bond acceptors (Lipinski definition) is 6. The summed E-state index contributed by atoms with van der Waals surface area (Å²) in [6, 6.07) is 12.8. The molecular weight excluding hydrogens is 362 g/mol. The molecule has 4 aromatic rings. The fourth-order valence-electron chi connectivity index (χ4n) is 2.74. The Balaban J connectivity index is 1.65. The van der Waals surface area contributed by atoms with Gasteiger partial charge in [0.2, 0.25) is 0 Å². The van der Waals surface area contributed by atoms with Crippen molar-refractivity contribution in [2.45, 2.75) is 19.9 Å². The summed E-state index contributed by atoms with van der Waals surface area (Å²) < 4.78 is 5.38. The molecule has 1 unspecified atom stereocenters. The number of benzene rings is 1. The summed E-state index contributed by atoms with van der Waals surface area (Å²) in [5, 5.41) is 10.7. The van der Waals surface area contributed by atoms with Gasteiger partial charge in [0.05, 0.1) is 6.26 Å². The molecular formula is C19H17N5O2S. The number of furan rings is 1. The van der Waals surface area contributed by atoms with Gasteiger partial charge in [0.15, 0.2) is 16.6 Å². The average Bonchev–Trinajstić information content (AvgIpc) is 3.41. The Morgan fingerprint density at radius 3 is 2.63 bits per heavy atom. The van der Waals surface area contributed by atoms with Crippen molar-refractivity contribution in [2.24, 2.45) is 0 Å². The van der Waals surface area contributed by atoms with E-state index in [1.807, 2.05) is 50.2 Å². The normalized spacial score (nSPS) is 12.1. The number of nitrogens with one attached hydrogen (secondary N) is 2. The van der Waals surface area contributed by atoms with E-state index in [4.69, 9.17) is 4.42 Å². The number of thiazole rings is 1. The molecule has 8 heteroatoms. The van der Waals surface area contributed by atoms with Gasteiger partial charge < -0.3 is 9.73 Å². The number of amides is 1. The third kappa shape index (κ3) is 3.52. The first kappa shape index (κ1) is 17.2. The van der Waals surface area contributed by atoms with Gasteiger partial charge in [0.1, 0.15) is 17.6 Å². The van der Waals surface area contributed by atoms with Crippen LogP contribution in [0.1, 0.15) is 38.6 Å². The summed E-state index contributed by atoms with van der Waals surface area (Å²) in [6.45, 7) is 3.69. The summed E-state index contributed by atoms with van der Waals surface area (Å²) in [5.41, 5.74) is 1.27. The number of nitrogens with zero attached hydrogens (tertiary/aromatic N) is 3. The lowest BCUT2D eigenvalue weighted by molar-refractivity contribution is 0.0936. The van der Waals surface area contributed by atoms with E-state index >= 15 is 0 Å². The molecule has 0 saturated carbocycles. The van der Waals surface area contributed by atoms with Gasteiger partial charge >= 0.3 is 0 Å². The van der Waals surface area contributed by atoms with Crippen molar-refractivity contribution < 1.29 is 9.21 Å². The highest BCUT2D eigenvalue weighted by molar-refractivity contribution is 7.15. The van der Waals surface area contributed by atoms with E-state index in [0.717, 1.165) is 10.4 Å². The largest absolute Gasteiger partial charge is 0.462 e. The highest BCUT2D eigenvalue weighted by Gasteiger charge is 2.24. The third-order valence-electron chi connectivity index (χ3n) is 4.02. The molecule has 0 aliphatic rings. The zero-order valence-corrected chi connectivity index (χ0v) is 15.6. The van der Waals surface area contributed by atoms with E-state index in [-0.39, 0.29) is 5.91 Å². The molecule has 0 aliphatic carbocycles. The molecule has 0 aliphatic heterocycles. The highest BCUT2D eigenvalue weighted by Crippen LogP contribution is 2.28. The number of aromatic nitrogens is 4. The molecule has 0 fully saturated rings. The van der Waals surface area contributed by atoms with Gasteiger partial charge in [0.25, 0.3) is 5.91 Å². The third-order valence-corrected chi connectivity index (χ3v) is 5.01. The van der Waals surface area contributed by atoms with Crippen molar-refractivity contribution in [1.29, 1.82) is 0 Å². The molecule has 0 spiro atoms. The van der Waals surface area contributed by atoms with Crippen LogP contribution in [0, 0.1) is 13.8 Å². The van der Waals surface area contributed by atoms with Gasteiger partial charge in [-0.1, -0.05) is 30.3 Å². The van der Waals surface area contributed by atoms with E-state index in [2.05, 4.69) is 25.5 Å². The summed E-state index contributed by atoms with van der Waals surface area (Å²) in [4.78, 5) is 22.6. The standard InChI is InChI=1S/C19H17N5O2S/c1-11-15(22-19(27-11)14-9-6-10-26-14)18(25)21-16(13-7-4-3-5-8-13)17-20-12(2)23-24-17/h3-10,16H,1-2H3,(H,21,25)(H,20,23,24). The van der Waals surface area contributed by atoms with Crippen LogP contribution in [0.3, 0.4) is 0 Å². The lowest BCUT2D eigenvalue weighted by Gasteiger charge is -2.15. The molecule has 1 aromatic carbocycles. The Hall–Kier alpha value is -3.26. The van der Waals surface area contributed by atoms with Crippen molar-refractivity contribution in [1.82, 2.24) is 25.5 Å². The lowest BCUT2D eigenvalue weighted by atomic mass is 10.1. The molecule has 27 heavy (non-hydrogen) atoms. The number of carbonyl (C=O) groups is 1. The van der Waals surface area contributed by atoms with Crippen LogP contribution in [0.4, 0.5) is 0 Å². The van der Waals surface area contributed by atoms with E-state index in [1.165, 1.54) is 11.3 Å². The van der Waals surface area contributed by atoms with Crippen LogP contribution in [-0.2, 0) is 0 Å². The molecule has 1 amide bonds. The molecule has 0 radical (unpaired) electrons. The number of carbonyl (C=O) groups excluding carboxylic acids is 1. The molecule has 0 bridgehead atoms. The Morgan fingerprint density at radius 1 is 1.15 bits per heavy atom. The highest BCUT2D eigenvalue weighted by atomic mass is 32.1. The fourth-order valence-corrected chi connectivity index (χ4v) is 3.62. The van der Waals surface area contributed by atoms with Crippen molar-refractivity contribution >= 4 is 17.2 Å². The molecule has 136 valence electrons. The molecule has 3 aromatic heterocycles. The van der Waals surface area contributed by atoms with Gasteiger partial charge in [-0.25, -0.2) is 9.97 Å². The lowest BCUT2D eigenvalue weighted by Crippen LogP contribution is -2.30. The maximum absolute atomic E-state index is 12.9. The smallest absolute Gasteiger partial charge is 0.271 e. The minimum atomic E-state index is -0.475. The SMILES string of the molecule is Cc1nc(C(NC(=O)c2nc(-c3ccco3)sc2C)c2ccccc2)n[nH]1. The van der Waals surface area contributed by atoms with Gasteiger partial charge in [-0.15, -0.1) is 11.3 Å². The fraction of sp³-hybridized carbons (Fsp3) is 0.158. The maximum Gasteiger partial charge on any atom is 0.271 e. The van der Waals surface area contributed by atoms with Gasteiger partial charge in [0, 0.05) is 4.88 Å². The van der Waals surface area contributed by atoms with Crippen molar-refractivity contribution in [2.75, 3.05) is 0 Å². The van der Waals surface area contributed by atoms with Crippen molar-refractivity contribution in [3.05, 3.63) is 76.5 Å². The number of aryl methyl sites for hydroxylation is 2. The first-order valence-electron chi connectivity index (χ1n) is 8.38. The second-order valence-electron chi connectivity index (χ2n) is 6.00. The van der Waals surface area contributed by atoms with E-state index < -0.39 is 6.04 Å². The van der Waals surface area contributed by atoms with E-state index in [0.29, 0.717) is 28.1 Å². The molecule has 4 rings (SSSR count). The second-order valence-corrected chi connectivity index (χ2v) is 7.20. The van der Waals surface area contributed by atoms with Gasteiger partial charge in [-0.2, -0.15) is 5.10 Å². The monoisotopic (exact) mass is 379 g/mol. The molecule has 1 atom stereocenters. The zero-order valence-electron chi connectivity index (χ0n) is 14.8.